The van der Waals surface area contributed by atoms with E-state index in [1.54, 1.807) is 0 Å². The number of nitrogens with zero attached hydrogens (tertiary/aromatic N) is 1. The zero-order chi connectivity index (χ0) is 14.7. The summed E-state index contributed by atoms with van der Waals surface area (Å²) >= 11 is 1.99. The zero-order valence-corrected chi connectivity index (χ0v) is 12.8. The summed E-state index contributed by atoms with van der Waals surface area (Å²) in [4.78, 5) is 14.4. The minimum Gasteiger partial charge on any atom is -0.480 e. The molecule has 1 aromatic rings. The average molecular weight is 307 g/mol. The first kappa shape index (κ1) is 14.9. The Balaban J connectivity index is 1.41. The van der Waals surface area contributed by atoms with Gasteiger partial charge >= 0.3 is 5.97 Å². The van der Waals surface area contributed by atoms with E-state index in [9.17, 15) is 4.79 Å². The Kier molecular flexibility index (Phi) is 4.83. The topological polar surface area (TPSA) is 49.8 Å². The van der Waals surface area contributed by atoms with Crippen LogP contribution in [0.1, 0.15) is 18.4 Å². The third-order valence-electron chi connectivity index (χ3n) is 4.15. The molecule has 0 saturated carbocycles. The van der Waals surface area contributed by atoms with Gasteiger partial charge in [0.2, 0.25) is 0 Å². The molecular weight excluding hydrogens is 286 g/mol. The number of thioether (sulfide) groups is 1. The fourth-order valence-corrected chi connectivity index (χ4v) is 4.46. The van der Waals surface area contributed by atoms with Crippen molar-refractivity contribution in [3.05, 3.63) is 29.8 Å². The maximum atomic E-state index is 10.5. The molecule has 0 spiro atoms. The smallest absolute Gasteiger partial charge is 0.329 e. The minimum atomic E-state index is -0.877. The minimum absolute atomic E-state index is 0.116. The van der Waals surface area contributed by atoms with Crippen LogP contribution in [0.15, 0.2) is 29.2 Å². The van der Waals surface area contributed by atoms with Gasteiger partial charge in [-0.25, -0.2) is 4.79 Å². The summed E-state index contributed by atoms with van der Waals surface area (Å²) in [5.41, 5.74) is 1.48. The van der Waals surface area contributed by atoms with E-state index in [1.165, 1.54) is 10.5 Å². The van der Waals surface area contributed by atoms with E-state index in [0.717, 1.165) is 38.9 Å². The van der Waals surface area contributed by atoms with E-state index < -0.39 is 5.97 Å². The van der Waals surface area contributed by atoms with E-state index in [1.807, 2.05) is 11.8 Å². The second kappa shape index (κ2) is 6.81. The standard InChI is InChI=1S/C16H21NO3S/c18-16(19)11-20-13-5-7-17(8-6-13)10-14-9-12-3-1-2-4-15(12)21-14/h1-4,13-14H,5-11H2,(H,18,19). The van der Waals surface area contributed by atoms with Crippen LogP contribution in [0.25, 0.3) is 0 Å². The number of aliphatic carboxylic acids is 1. The molecule has 3 rings (SSSR count). The van der Waals surface area contributed by atoms with Crippen molar-refractivity contribution < 1.29 is 14.6 Å². The number of rotatable bonds is 5. The largest absolute Gasteiger partial charge is 0.480 e. The van der Waals surface area contributed by atoms with Crippen LogP contribution in [-0.2, 0) is 16.0 Å². The maximum Gasteiger partial charge on any atom is 0.329 e. The number of carboxylic acid groups (broad SMARTS) is 1. The van der Waals surface area contributed by atoms with Crippen LogP contribution in [0.3, 0.4) is 0 Å². The molecule has 1 unspecified atom stereocenters. The lowest BCUT2D eigenvalue weighted by Crippen LogP contribution is -2.40. The first-order valence-electron chi connectivity index (χ1n) is 7.51. The molecule has 1 saturated heterocycles. The summed E-state index contributed by atoms with van der Waals surface area (Å²) < 4.78 is 5.38. The van der Waals surface area contributed by atoms with Gasteiger partial charge in [0.25, 0.3) is 0 Å². The van der Waals surface area contributed by atoms with Gasteiger partial charge in [-0.3, -0.25) is 0 Å². The number of carboxylic acids is 1. The van der Waals surface area contributed by atoms with Crippen molar-refractivity contribution in [2.24, 2.45) is 0 Å². The summed E-state index contributed by atoms with van der Waals surface area (Å²) in [6.45, 7) is 2.97. The summed E-state index contributed by atoms with van der Waals surface area (Å²) in [6, 6.07) is 8.67. The molecule has 1 fully saturated rings. The van der Waals surface area contributed by atoms with E-state index in [-0.39, 0.29) is 12.7 Å². The van der Waals surface area contributed by atoms with Crippen LogP contribution in [-0.4, -0.2) is 53.6 Å². The lowest BCUT2D eigenvalue weighted by molar-refractivity contribution is -0.145. The zero-order valence-electron chi connectivity index (χ0n) is 12.0. The molecule has 1 N–H and O–H groups in total. The number of fused-ring (bicyclic) bond motifs is 1. The fraction of sp³-hybridized carbons (Fsp3) is 0.562. The molecule has 0 aliphatic carbocycles. The number of ether oxygens (including phenoxy) is 1. The van der Waals surface area contributed by atoms with Gasteiger partial charge in [-0.15, -0.1) is 11.8 Å². The third kappa shape index (κ3) is 3.99. The average Bonchev–Trinajstić information content (AvgIpc) is 2.88. The van der Waals surface area contributed by atoms with Gasteiger partial charge in [-0.1, -0.05) is 18.2 Å². The van der Waals surface area contributed by atoms with Gasteiger partial charge < -0.3 is 14.7 Å². The number of hydrogen-bond acceptors (Lipinski definition) is 4. The number of likely N-dealkylation sites (tertiary alicyclic amines) is 1. The predicted molar refractivity (Wildman–Crippen MR) is 82.8 cm³/mol. The first-order chi connectivity index (χ1) is 10.2. The van der Waals surface area contributed by atoms with Gasteiger partial charge in [0.05, 0.1) is 6.10 Å². The van der Waals surface area contributed by atoms with Crippen LogP contribution >= 0.6 is 11.8 Å². The Hall–Kier alpha value is -1.04. The van der Waals surface area contributed by atoms with Crippen LogP contribution in [0, 0.1) is 0 Å². The fourth-order valence-electron chi connectivity index (χ4n) is 3.09. The molecule has 4 nitrogen and oxygen atoms in total. The van der Waals surface area contributed by atoms with E-state index in [0.29, 0.717) is 5.25 Å². The molecule has 1 atom stereocenters. The summed E-state index contributed by atoms with van der Waals surface area (Å²) in [7, 11) is 0. The molecule has 0 amide bonds. The Labute approximate surface area is 129 Å². The Bertz CT molecular complexity index is 475. The van der Waals surface area contributed by atoms with Crippen LogP contribution < -0.4 is 0 Å². The second-order valence-corrected chi connectivity index (χ2v) is 7.10. The highest BCUT2D eigenvalue weighted by Gasteiger charge is 2.26. The van der Waals surface area contributed by atoms with Crippen molar-refractivity contribution in [1.29, 1.82) is 0 Å². The highest BCUT2D eigenvalue weighted by Crippen LogP contribution is 2.37. The van der Waals surface area contributed by atoms with Gasteiger partial charge in [0.15, 0.2) is 0 Å². The highest BCUT2D eigenvalue weighted by atomic mass is 32.2. The monoisotopic (exact) mass is 307 g/mol. The molecule has 114 valence electrons. The summed E-state index contributed by atoms with van der Waals surface area (Å²) in [6.07, 6.45) is 3.16. The van der Waals surface area contributed by atoms with Crippen molar-refractivity contribution >= 4 is 17.7 Å². The van der Waals surface area contributed by atoms with Crippen molar-refractivity contribution in [3.8, 4) is 0 Å². The van der Waals surface area contributed by atoms with Crippen molar-refractivity contribution in [1.82, 2.24) is 4.90 Å². The highest BCUT2D eigenvalue weighted by molar-refractivity contribution is 8.00. The second-order valence-electron chi connectivity index (χ2n) is 5.76. The molecule has 0 bridgehead atoms. The lowest BCUT2D eigenvalue weighted by Gasteiger charge is -2.32. The Morgan fingerprint density at radius 3 is 2.81 bits per heavy atom. The Morgan fingerprint density at radius 1 is 1.33 bits per heavy atom. The summed E-state index contributed by atoms with van der Waals surface area (Å²) in [5.74, 6) is -0.877. The van der Waals surface area contributed by atoms with Gasteiger partial charge in [-0.2, -0.15) is 0 Å². The van der Waals surface area contributed by atoms with Gasteiger partial charge in [-0.05, 0) is 30.9 Å². The molecule has 0 radical (unpaired) electrons. The molecule has 2 aliphatic heterocycles. The quantitative estimate of drug-likeness (QED) is 0.904. The van der Waals surface area contributed by atoms with Crippen molar-refractivity contribution in [2.75, 3.05) is 26.2 Å². The van der Waals surface area contributed by atoms with Crippen LogP contribution in [0.4, 0.5) is 0 Å². The van der Waals surface area contributed by atoms with Gasteiger partial charge in [0.1, 0.15) is 6.61 Å². The normalized spacial score (nSPS) is 23.1. The van der Waals surface area contributed by atoms with Crippen LogP contribution in [0.2, 0.25) is 0 Å². The third-order valence-corrected chi connectivity index (χ3v) is 5.45. The number of benzene rings is 1. The number of hydrogen-bond donors (Lipinski definition) is 1. The van der Waals surface area contributed by atoms with E-state index >= 15 is 0 Å². The molecule has 1 aromatic carbocycles. The molecule has 5 heteroatoms. The van der Waals surface area contributed by atoms with Gasteiger partial charge in [0, 0.05) is 29.8 Å². The summed E-state index contributed by atoms with van der Waals surface area (Å²) in [5, 5.41) is 9.29. The molecule has 21 heavy (non-hydrogen) atoms. The number of piperidine rings is 1. The first-order valence-corrected chi connectivity index (χ1v) is 8.39. The predicted octanol–water partition coefficient (Wildman–Crippen LogP) is 2.27. The molecule has 0 aromatic heterocycles. The SMILES string of the molecule is O=C(O)COC1CCN(CC2Cc3ccccc3S2)CC1. The number of carbonyl (C=O) groups is 1. The lowest BCUT2D eigenvalue weighted by atomic mass is 10.1. The molecule has 2 heterocycles. The Morgan fingerprint density at radius 2 is 2.10 bits per heavy atom. The molecule has 2 aliphatic rings. The van der Waals surface area contributed by atoms with Crippen molar-refractivity contribution in [2.45, 2.75) is 35.5 Å². The molecular formula is C16H21NO3S. The maximum absolute atomic E-state index is 10.5. The van der Waals surface area contributed by atoms with E-state index in [2.05, 4.69) is 29.2 Å². The van der Waals surface area contributed by atoms with E-state index in [4.69, 9.17) is 9.84 Å². The van der Waals surface area contributed by atoms with Crippen molar-refractivity contribution in [3.63, 3.8) is 0 Å². The van der Waals surface area contributed by atoms with Crippen LogP contribution in [0.5, 0.6) is 0 Å².